The average Bonchev–Trinajstić information content (AvgIpc) is 2.84. The van der Waals surface area contributed by atoms with Crippen LogP contribution in [0.25, 0.3) is 0 Å². The van der Waals surface area contributed by atoms with Crippen LogP contribution < -0.4 is 15.9 Å². The molecule has 0 amide bonds. The fourth-order valence-corrected chi connectivity index (χ4v) is 2.27. The van der Waals surface area contributed by atoms with Crippen LogP contribution in [0.4, 0.5) is 25.8 Å². The Bertz CT molecular complexity index is 630. The maximum Gasteiger partial charge on any atom is 0.152 e. The van der Waals surface area contributed by atoms with E-state index in [1.807, 2.05) is 12.1 Å². The van der Waals surface area contributed by atoms with Gasteiger partial charge in [-0.25, -0.2) is 13.8 Å². The van der Waals surface area contributed by atoms with E-state index in [-0.39, 0.29) is 5.69 Å². The molecule has 4 nitrogen and oxygen atoms in total. The van der Waals surface area contributed by atoms with Gasteiger partial charge in [0.05, 0.1) is 11.4 Å². The van der Waals surface area contributed by atoms with Gasteiger partial charge >= 0.3 is 0 Å². The van der Waals surface area contributed by atoms with Gasteiger partial charge in [-0.15, -0.1) is 4.94 Å². The molecule has 1 aliphatic heterocycles. The number of nitrogens with two attached hydrogens (primary N) is 1. The standard InChI is InChI=1S/C15H15F2N3O/c16-11-5-3-6-12(17)15(11)20-14-8-2-1-7-13(14)19(21-20)10-4-9-18/h1-3,5-8H,4,9-10,18H2. The summed E-state index contributed by atoms with van der Waals surface area (Å²) in [4.78, 5) is 5.61. The molecule has 0 saturated carbocycles. The molecule has 0 radical (unpaired) electrons. The molecule has 110 valence electrons. The molecule has 1 aliphatic rings. The van der Waals surface area contributed by atoms with Gasteiger partial charge in [0.2, 0.25) is 0 Å². The number of halogens is 2. The molecule has 21 heavy (non-hydrogen) atoms. The third-order valence-corrected chi connectivity index (χ3v) is 3.26. The van der Waals surface area contributed by atoms with Crippen LogP contribution in [0.3, 0.4) is 0 Å². The number of hydrogen-bond acceptors (Lipinski definition) is 4. The topological polar surface area (TPSA) is 41.7 Å². The maximum absolute atomic E-state index is 14.0. The van der Waals surface area contributed by atoms with Gasteiger partial charge in [-0.2, -0.15) is 5.06 Å². The van der Waals surface area contributed by atoms with E-state index >= 15 is 0 Å². The van der Waals surface area contributed by atoms with E-state index in [1.165, 1.54) is 23.3 Å². The van der Waals surface area contributed by atoms with Crippen LogP contribution in [-0.2, 0) is 4.94 Å². The molecule has 3 rings (SSSR count). The molecule has 6 heteroatoms. The van der Waals surface area contributed by atoms with E-state index in [0.717, 1.165) is 5.69 Å². The first kappa shape index (κ1) is 13.8. The van der Waals surface area contributed by atoms with Crippen LogP contribution in [0.15, 0.2) is 42.5 Å². The Kier molecular flexibility index (Phi) is 3.72. The van der Waals surface area contributed by atoms with Crippen LogP contribution in [0.1, 0.15) is 6.42 Å². The monoisotopic (exact) mass is 291 g/mol. The Labute approximate surface area is 121 Å². The Morgan fingerprint density at radius 1 is 0.952 bits per heavy atom. The second-order valence-corrected chi connectivity index (χ2v) is 4.68. The summed E-state index contributed by atoms with van der Waals surface area (Å²) in [6, 6.07) is 11.0. The quantitative estimate of drug-likeness (QED) is 0.939. The lowest BCUT2D eigenvalue weighted by Crippen LogP contribution is -2.28. The average molecular weight is 291 g/mol. The van der Waals surface area contributed by atoms with Crippen LogP contribution in [0, 0.1) is 11.6 Å². The number of hydroxylamine groups is 1. The van der Waals surface area contributed by atoms with Crippen molar-refractivity contribution in [1.29, 1.82) is 0 Å². The molecule has 0 atom stereocenters. The van der Waals surface area contributed by atoms with Gasteiger partial charge in [0, 0.05) is 6.54 Å². The predicted octanol–water partition coefficient (Wildman–Crippen LogP) is 3.12. The highest BCUT2D eigenvalue weighted by molar-refractivity contribution is 5.78. The molecule has 0 fully saturated rings. The molecule has 0 aromatic heterocycles. The molecular weight excluding hydrogens is 276 g/mol. The van der Waals surface area contributed by atoms with Gasteiger partial charge in [0.1, 0.15) is 5.69 Å². The third kappa shape index (κ3) is 2.43. The largest absolute Gasteiger partial charge is 0.330 e. The van der Waals surface area contributed by atoms with Crippen molar-refractivity contribution in [1.82, 2.24) is 0 Å². The summed E-state index contributed by atoms with van der Waals surface area (Å²) in [5.74, 6) is -1.35. The van der Waals surface area contributed by atoms with E-state index in [9.17, 15) is 8.78 Å². The normalized spacial score (nSPS) is 13.7. The first-order valence-corrected chi connectivity index (χ1v) is 6.71. The van der Waals surface area contributed by atoms with Crippen molar-refractivity contribution in [3.05, 3.63) is 54.1 Å². The summed E-state index contributed by atoms with van der Waals surface area (Å²) in [7, 11) is 0. The van der Waals surface area contributed by atoms with Crippen molar-refractivity contribution in [3.63, 3.8) is 0 Å². The first-order valence-electron chi connectivity index (χ1n) is 6.71. The molecule has 2 aromatic carbocycles. The number of benzene rings is 2. The summed E-state index contributed by atoms with van der Waals surface area (Å²) >= 11 is 0. The lowest BCUT2D eigenvalue weighted by atomic mass is 10.2. The number of rotatable bonds is 4. The highest BCUT2D eigenvalue weighted by Crippen LogP contribution is 2.42. The van der Waals surface area contributed by atoms with Gasteiger partial charge in [-0.3, -0.25) is 0 Å². The molecule has 0 unspecified atom stereocenters. The van der Waals surface area contributed by atoms with Crippen molar-refractivity contribution < 1.29 is 13.7 Å². The molecule has 2 N–H and O–H groups in total. The second-order valence-electron chi connectivity index (χ2n) is 4.68. The van der Waals surface area contributed by atoms with Gasteiger partial charge in [-0.05, 0) is 37.2 Å². The highest BCUT2D eigenvalue weighted by Gasteiger charge is 2.31. The van der Waals surface area contributed by atoms with Crippen molar-refractivity contribution >= 4 is 17.1 Å². The lowest BCUT2D eigenvalue weighted by molar-refractivity contribution is 0.124. The predicted molar refractivity (Wildman–Crippen MR) is 77.0 cm³/mol. The molecule has 0 saturated heterocycles. The Hall–Kier alpha value is -2.18. The fourth-order valence-electron chi connectivity index (χ4n) is 2.27. The minimum Gasteiger partial charge on any atom is -0.330 e. The molecule has 2 aromatic rings. The Morgan fingerprint density at radius 3 is 2.29 bits per heavy atom. The lowest BCUT2D eigenvalue weighted by Gasteiger charge is -2.20. The molecule has 0 bridgehead atoms. The van der Waals surface area contributed by atoms with E-state index in [2.05, 4.69) is 0 Å². The number of hydrogen-bond donors (Lipinski definition) is 1. The van der Waals surface area contributed by atoms with Gasteiger partial charge in [0.15, 0.2) is 11.6 Å². The Morgan fingerprint density at radius 2 is 1.62 bits per heavy atom. The van der Waals surface area contributed by atoms with Gasteiger partial charge < -0.3 is 5.73 Å². The zero-order chi connectivity index (χ0) is 14.8. The van der Waals surface area contributed by atoms with E-state index in [0.29, 0.717) is 25.2 Å². The summed E-state index contributed by atoms with van der Waals surface area (Å²) in [6.45, 7) is 1.05. The summed E-state index contributed by atoms with van der Waals surface area (Å²) < 4.78 is 28.0. The van der Waals surface area contributed by atoms with Crippen LogP contribution in [0.5, 0.6) is 0 Å². The fraction of sp³-hybridized carbons (Fsp3) is 0.200. The number of fused-ring (bicyclic) bond motifs is 1. The minimum atomic E-state index is -0.675. The molecule has 0 aliphatic carbocycles. The van der Waals surface area contributed by atoms with Crippen molar-refractivity contribution in [2.75, 3.05) is 23.2 Å². The van der Waals surface area contributed by atoms with Crippen molar-refractivity contribution in [2.24, 2.45) is 5.73 Å². The summed E-state index contributed by atoms with van der Waals surface area (Å²) in [5, 5.41) is 2.77. The van der Waals surface area contributed by atoms with E-state index in [1.54, 1.807) is 17.2 Å². The minimum absolute atomic E-state index is 0.222. The maximum atomic E-state index is 14.0. The SMILES string of the molecule is NCCCN1ON(c2c(F)cccc2F)c2ccccc21. The third-order valence-electron chi connectivity index (χ3n) is 3.26. The molecule has 0 spiro atoms. The van der Waals surface area contributed by atoms with Crippen LogP contribution in [0.2, 0.25) is 0 Å². The van der Waals surface area contributed by atoms with Crippen molar-refractivity contribution in [2.45, 2.75) is 6.42 Å². The highest BCUT2D eigenvalue weighted by atomic mass is 19.1. The number of nitrogens with zero attached hydrogens (tertiary/aromatic N) is 2. The zero-order valence-electron chi connectivity index (χ0n) is 11.3. The first-order chi connectivity index (χ1) is 10.2. The van der Waals surface area contributed by atoms with Gasteiger partial charge in [-0.1, -0.05) is 18.2 Å². The van der Waals surface area contributed by atoms with Crippen LogP contribution >= 0.6 is 0 Å². The molecule has 1 heterocycles. The molecular formula is C15H15F2N3O. The number of anilines is 3. The summed E-state index contributed by atoms with van der Waals surface area (Å²) in [6.07, 6.45) is 0.710. The van der Waals surface area contributed by atoms with E-state index < -0.39 is 11.6 Å². The summed E-state index contributed by atoms with van der Waals surface area (Å²) in [5.41, 5.74) is 6.64. The van der Waals surface area contributed by atoms with Crippen molar-refractivity contribution in [3.8, 4) is 0 Å². The second kappa shape index (κ2) is 5.67. The smallest absolute Gasteiger partial charge is 0.152 e. The number of para-hydroxylation sites is 3. The zero-order valence-corrected chi connectivity index (χ0v) is 11.3. The van der Waals surface area contributed by atoms with E-state index in [4.69, 9.17) is 10.7 Å². The Balaban J connectivity index is 2.02. The van der Waals surface area contributed by atoms with Crippen LogP contribution in [-0.4, -0.2) is 13.1 Å². The van der Waals surface area contributed by atoms with Gasteiger partial charge in [0.25, 0.3) is 0 Å².